The Morgan fingerprint density at radius 2 is 2.20 bits per heavy atom. The number of rotatable bonds is 2. The van der Waals surface area contributed by atoms with Gasteiger partial charge in [-0.2, -0.15) is 0 Å². The van der Waals surface area contributed by atoms with Crippen LogP contribution in [0.2, 0.25) is 0 Å². The molecule has 1 aliphatic carbocycles. The fraction of sp³-hybridized carbons (Fsp3) is 0.600. The Bertz CT molecular complexity index is 317. The summed E-state index contributed by atoms with van der Waals surface area (Å²) in [7, 11) is 0. The average Bonchev–Trinajstić information content (AvgIpc) is 2.74. The van der Waals surface area contributed by atoms with Gasteiger partial charge in [-0.05, 0) is 25.7 Å². The van der Waals surface area contributed by atoms with E-state index in [4.69, 9.17) is 5.73 Å². The molecule has 0 bridgehead atoms. The van der Waals surface area contributed by atoms with Crippen LogP contribution in [-0.4, -0.2) is 23.0 Å². The molecule has 2 rings (SSSR count). The van der Waals surface area contributed by atoms with Crippen molar-refractivity contribution in [1.29, 1.82) is 0 Å². The first-order chi connectivity index (χ1) is 7.25. The summed E-state index contributed by atoms with van der Waals surface area (Å²) in [5.74, 6) is -0.00188. The molecule has 1 heterocycles. The van der Waals surface area contributed by atoms with E-state index in [9.17, 15) is 4.79 Å². The lowest BCUT2D eigenvalue weighted by Gasteiger charge is -2.26. The number of hydrogen-bond acceptors (Lipinski definition) is 4. The van der Waals surface area contributed by atoms with Crippen molar-refractivity contribution in [2.75, 3.05) is 0 Å². The molecule has 15 heavy (non-hydrogen) atoms. The number of carbonyl (C=O) groups is 1. The average molecular weight is 225 g/mol. The van der Waals surface area contributed by atoms with E-state index in [1.165, 1.54) is 11.3 Å². The Morgan fingerprint density at radius 1 is 1.47 bits per heavy atom. The molecule has 0 saturated heterocycles. The quantitative estimate of drug-likeness (QED) is 0.793. The van der Waals surface area contributed by atoms with Gasteiger partial charge in [0.15, 0.2) is 0 Å². The molecule has 1 fully saturated rings. The molecule has 4 nitrogen and oxygen atoms in total. The highest BCUT2D eigenvalue weighted by Gasteiger charge is 2.20. The second-order valence-corrected chi connectivity index (χ2v) is 4.84. The maximum absolute atomic E-state index is 11.7. The van der Waals surface area contributed by atoms with Crippen LogP contribution in [0.25, 0.3) is 0 Å². The second kappa shape index (κ2) is 4.72. The van der Waals surface area contributed by atoms with Crippen molar-refractivity contribution in [2.24, 2.45) is 5.73 Å². The van der Waals surface area contributed by atoms with E-state index in [2.05, 4.69) is 10.3 Å². The number of thiazole rings is 1. The van der Waals surface area contributed by atoms with Gasteiger partial charge in [0.25, 0.3) is 5.91 Å². The number of carbonyl (C=O) groups excluding carboxylic acids is 1. The Hall–Kier alpha value is -0.940. The lowest BCUT2D eigenvalue weighted by Crippen LogP contribution is -2.40. The third-order valence-corrected chi connectivity index (χ3v) is 3.54. The van der Waals surface area contributed by atoms with Crippen molar-refractivity contribution in [1.82, 2.24) is 10.3 Å². The topological polar surface area (TPSA) is 68.0 Å². The number of amides is 1. The Morgan fingerprint density at radius 3 is 2.80 bits per heavy atom. The summed E-state index contributed by atoms with van der Waals surface area (Å²) in [4.78, 5) is 16.3. The Labute approximate surface area is 92.9 Å². The van der Waals surface area contributed by atoms with Crippen LogP contribution in [0.3, 0.4) is 0 Å². The first-order valence-electron chi connectivity index (χ1n) is 5.20. The fourth-order valence-electron chi connectivity index (χ4n) is 1.85. The van der Waals surface area contributed by atoms with Gasteiger partial charge < -0.3 is 11.1 Å². The highest BCUT2D eigenvalue weighted by molar-refractivity contribution is 7.11. The highest BCUT2D eigenvalue weighted by atomic mass is 32.1. The largest absolute Gasteiger partial charge is 0.349 e. The molecular weight excluding hydrogens is 210 g/mol. The van der Waals surface area contributed by atoms with Gasteiger partial charge in [-0.1, -0.05) is 0 Å². The summed E-state index contributed by atoms with van der Waals surface area (Å²) in [6.07, 6.45) is 5.60. The normalized spacial score (nSPS) is 26.2. The summed E-state index contributed by atoms with van der Waals surface area (Å²) >= 11 is 1.37. The number of nitrogens with zero attached hydrogens (tertiary/aromatic N) is 1. The van der Waals surface area contributed by atoms with Gasteiger partial charge in [-0.15, -0.1) is 11.3 Å². The standard InChI is InChI=1S/C10H15N3OS/c11-7-1-3-8(4-2-7)13-10(14)9-5-12-6-15-9/h5-8H,1-4,11H2,(H,13,14). The minimum absolute atomic E-state index is 0.00188. The zero-order chi connectivity index (χ0) is 10.7. The van der Waals surface area contributed by atoms with Crippen molar-refractivity contribution in [3.05, 3.63) is 16.6 Å². The molecule has 0 radical (unpaired) electrons. The van der Waals surface area contributed by atoms with Crippen LogP contribution < -0.4 is 11.1 Å². The molecule has 1 amide bonds. The van der Waals surface area contributed by atoms with Gasteiger partial charge in [-0.3, -0.25) is 9.78 Å². The van der Waals surface area contributed by atoms with Gasteiger partial charge in [0, 0.05) is 12.1 Å². The molecule has 3 N–H and O–H groups in total. The Kier molecular flexibility index (Phi) is 3.33. The van der Waals surface area contributed by atoms with Gasteiger partial charge in [0.2, 0.25) is 0 Å². The molecule has 0 aromatic carbocycles. The maximum atomic E-state index is 11.7. The first kappa shape index (κ1) is 10.6. The van der Waals surface area contributed by atoms with Crippen LogP contribution in [-0.2, 0) is 0 Å². The van der Waals surface area contributed by atoms with Crippen LogP contribution >= 0.6 is 11.3 Å². The summed E-state index contributed by atoms with van der Waals surface area (Å²) in [6, 6.07) is 0.612. The SMILES string of the molecule is NC1CCC(NC(=O)c2cncs2)CC1. The van der Waals surface area contributed by atoms with Crippen molar-refractivity contribution >= 4 is 17.2 Å². The summed E-state index contributed by atoms with van der Waals surface area (Å²) in [5.41, 5.74) is 7.47. The highest BCUT2D eigenvalue weighted by Crippen LogP contribution is 2.17. The number of nitrogens with two attached hydrogens (primary N) is 1. The van der Waals surface area contributed by atoms with E-state index in [0.717, 1.165) is 25.7 Å². The van der Waals surface area contributed by atoms with Crippen molar-refractivity contribution in [2.45, 2.75) is 37.8 Å². The first-order valence-corrected chi connectivity index (χ1v) is 6.08. The third-order valence-electron chi connectivity index (χ3n) is 2.76. The molecular formula is C10H15N3OS. The molecule has 1 aromatic rings. The van der Waals surface area contributed by atoms with Gasteiger partial charge in [0.05, 0.1) is 11.7 Å². The van der Waals surface area contributed by atoms with Crippen LogP contribution in [0.1, 0.15) is 35.4 Å². The van der Waals surface area contributed by atoms with Crippen LogP contribution in [0.5, 0.6) is 0 Å². The summed E-state index contributed by atoms with van der Waals surface area (Å²) in [6.45, 7) is 0. The second-order valence-electron chi connectivity index (χ2n) is 3.95. The van der Waals surface area contributed by atoms with E-state index in [1.54, 1.807) is 11.7 Å². The van der Waals surface area contributed by atoms with Crippen molar-refractivity contribution in [3.8, 4) is 0 Å². The van der Waals surface area contributed by atoms with E-state index in [1.807, 2.05) is 0 Å². The minimum atomic E-state index is -0.00188. The molecule has 1 saturated carbocycles. The molecule has 0 unspecified atom stereocenters. The van der Waals surface area contributed by atoms with E-state index < -0.39 is 0 Å². The minimum Gasteiger partial charge on any atom is -0.349 e. The van der Waals surface area contributed by atoms with E-state index >= 15 is 0 Å². The van der Waals surface area contributed by atoms with E-state index in [0.29, 0.717) is 17.0 Å². The molecule has 82 valence electrons. The molecule has 1 aromatic heterocycles. The predicted molar refractivity (Wildman–Crippen MR) is 59.8 cm³/mol. The zero-order valence-corrected chi connectivity index (χ0v) is 9.30. The van der Waals surface area contributed by atoms with Crippen LogP contribution in [0.15, 0.2) is 11.7 Å². The van der Waals surface area contributed by atoms with Gasteiger partial charge >= 0.3 is 0 Å². The van der Waals surface area contributed by atoms with Crippen LogP contribution in [0.4, 0.5) is 0 Å². The number of hydrogen-bond donors (Lipinski definition) is 2. The molecule has 0 spiro atoms. The summed E-state index contributed by atoms with van der Waals surface area (Å²) < 4.78 is 0. The third kappa shape index (κ3) is 2.76. The maximum Gasteiger partial charge on any atom is 0.263 e. The lowest BCUT2D eigenvalue weighted by atomic mass is 9.92. The molecule has 1 aliphatic rings. The zero-order valence-electron chi connectivity index (χ0n) is 8.48. The smallest absolute Gasteiger partial charge is 0.263 e. The van der Waals surface area contributed by atoms with E-state index in [-0.39, 0.29) is 5.91 Å². The summed E-state index contributed by atoms with van der Waals surface area (Å²) in [5, 5.41) is 3.02. The van der Waals surface area contributed by atoms with Gasteiger partial charge in [0.1, 0.15) is 4.88 Å². The number of nitrogens with one attached hydrogen (secondary N) is 1. The number of aromatic nitrogens is 1. The fourth-order valence-corrected chi connectivity index (χ4v) is 2.37. The van der Waals surface area contributed by atoms with Gasteiger partial charge in [-0.25, -0.2) is 0 Å². The van der Waals surface area contributed by atoms with Crippen molar-refractivity contribution in [3.63, 3.8) is 0 Å². The predicted octanol–water partition coefficient (Wildman–Crippen LogP) is 1.14. The Balaban J connectivity index is 1.85. The monoisotopic (exact) mass is 225 g/mol. The lowest BCUT2D eigenvalue weighted by molar-refractivity contribution is 0.0930. The molecule has 5 heteroatoms. The van der Waals surface area contributed by atoms with Crippen LogP contribution in [0, 0.1) is 0 Å². The molecule has 0 atom stereocenters. The van der Waals surface area contributed by atoms with Crippen molar-refractivity contribution < 1.29 is 4.79 Å². The molecule has 0 aliphatic heterocycles.